The zero-order valence-electron chi connectivity index (χ0n) is 13.8. The number of rotatable bonds is 4. The third-order valence-electron chi connectivity index (χ3n) is 4.35. The lowest BCUT2D eigenvalue weighted by molar-refractivity contribution is 0.0610. The van der Waals surface area contributed by atoms with Crippen molar-refractivity contribution in [3.05, 3.63) is 60.2 Å². The van der Waals surface area contributed by atoms with Gasteiger partial charge in [-0.1, -0.05) is 35.5 Å². The molecule has 1 N–H and O–H groups in total. The van der Waals surface area contributed by atoms with Crippen molar-refractivity contribution in [2.45, 2.75) is 6.54 Å². The third kappa shape index (κ3) is 3.46. The van der Waals surface area contributed by atoms with Gasteiger partial charge in [-0.2, -0.15) is 4.98 Å². The summed E-state index contributed by atoms with van der Waals surface area (Å²) in [6.07, 6.45) is 1.77. The summed E-state index contributed by atoms with van der Waals surface area (Å²) in [5, 5.41) is 4.05. The molecule has 1 saturated heterocycles. The van der Waals surface area contributed by atoms with Crippen LogP contribution in [0.25, 0.3) is 11.4 Å². The number of H-pyrrole nitrogens is 1. The van der Waals surface area contributed by atoms with Gasteiger partial charge in [0.15, 0.2) is 0 Å². The Hall–Kier alpha value is -2.93. The SMILES string of the molecule is O=C(c1ccc[nH]1)N1CCN(Cc2nc(-c3ccccc3)no2)CC1. The lowest BCUT2D eigenvalue weighted by atomic mass is 10.2. The Morgan fingerprint density at radius 3 is 2.60 bits per heavy atom. The molecule has 4 rings (SSSR count). The van der Waals surface area contributed by atoms with Crippen molar-refractivity contribution in [2.24, 2.45) is 0 Å². The Morgan fingerprint density at radius 1 is 1.08 bits per heavy atom. The third-order valence-corrected chi connectivity index (χ3v) is 4.35. The second kappa shape index (κ2) is 6.90. The van der Waals surface area contributed by atoms with E-state index in [9.17, 15) is 4.79 Å². The van der Waals surface area contributed by atoms with Gasteiger partial charge in [0.1, 0.15) is 5.69 Å². The van der Waals surface area contributed by atoms with Crippen molar-refractivity contribution >= 4 is 5.91 Å². The van der Waals surface area contributed by atoms with Crippen molar-refractivity contribution < 1.29 is 9.32 Å². The number of aromatic nitrogens is 3. The van der Waals surface area contributed by atoms with E-state index < -0.39 is 0 Å². The van der Waals surface area contributed by atoms with Crippen molar-refractivity contribution in [3.63, 3.8) is 0 Å². The smallest absolute Gasteiger partial charge is 0.270 e. The van der Waals surface area contributed by atoms with Crippen molar-refractivity contribution in [3.8, 4) is 11.4 Å². The van der Waals surface area contributed by atoms with Gasteiger partial charge >= 0.3 is 0 Å². The maximum Gasteiger partial charge on any atom is 0.270 e. The van der Waals surface area contributed by atoms with E-state index in [0.29, 0.717) is 37.0 Å². The molecule has 1 aliphatic rings. The van der Waals surface area contributed by atoms with E-state index in [1.54, 1.807) is 12.3 Å². The van der Waals surface area contributed by atoms with Crippen LogP contribution in [0.5, 0.6) is 0 Å². The minimum Gasteiger partial charge on any atom is -0.357 e. The molecule has 7 heteroatoms. The fraction of sp³-hybridized carbons (Fsp3) is 0.278. The zero-order chi connectivity index (χ0) is 17.1. The summed E-state index contributed by atoms with van der Waals surface area (Å²) in [4.78, 5) is 23.8. The summed E-state index contributed by atoms with van der Waals surface area (Å²) in [5.41, 5.74) is 1.58. The standard InChI is InChI=1S/C18H19N5O2/c24-18(15-7-4-8-19-15)23-11-9-22(10-12-23)13-16-20-17(21-25-16)14-5-2-1-3-6-14/h1-8,19H,9-13H2. The zero-order valence-corrected chi connectivity index (χ0v) is 13.8. The average Bonchev–Trinajstić information content (AvgIpc) is 3.35. The summed E-state index contributed by atoms with van der Waals surface area (Å²) in [6.45, 7) is 3.56. The molecule has 1 aliphatic heterocycles. The van der Waals surface area contributed by atoms with Crippen LogP contribution in [0.15, 0.2) is 53.2 Å². The van der Waals surface area contributed by atoms with Crippen LogP contribution in [-0.4, -0.2) is 57.0 Å². The lowest BCUT2D eigenvalue weighted by Crippen LogP contribution is -2.48. The summed E-state index contributed by atoms with van der Waals surface area (Å²) >= 11 is 0. The molecule has 0 atom stereocenters. The molecular formula is C18H19N5O2. The molecule has 1 aromatic carbocycles. The molecule has 0 saturated carbocycles. The van der Waals surface area contributed by atoms with Gasteiger partial charge in [0.2, 0.25) is 11.7 Å². The van der Waals surface area contributed by atoms with E-state index in [0.717, 1.165) is 18.7 Å². The normalized spacial score (nSPS) is 15.4. The molecule has 1 fully saturated rings. The van der Waals surface area contributed by atoms with E-state index in [1.165, 1.54) is 0 Å². The minimum absolute atomic E-state index is 0.0498. The first-order valence-corrected chi connectivity index (χ1v) is 8.32. The largest absolute Gasteiger partial charge is 0.357 e. The van der Waals surface area contributed by atoms with Crippen LogP contribution in [0, 0.1) is 0 Å². The maximum atomic E-state index is 12.3. The molecule has 0 bridgehead atoms. The van der Waals surface area contributed by atoms with Gasteiger partial charge in [0.05, 0.1) is 6.54 Å². The predicted octanol–water partition coefficient (Wildman–Crippen LogP) is 2.02. The average molecular weight is 337 g/mol. The highest BCUT2D eigenvalue weighted by atomic mass is 16.5. The van der Waals surface area contributed by atoms with Gasteiger partial charge in [-0.15, -0.1) is 0 Å². The number of nitrogens with one attached hydrogen (secondary N) is 1. The minimum atomic E-state index is 0.0498. The molecular weight excluding hydrogens is 318 g/mol. The molecule has 0 aliphatic carbocycles. The molecule has 2 aromatic heterocycles. The Labute approximate surface area is 145 Å². The fourth-order valence-corrected chi connectivity index (χ4v) is 2.96. The van der Waals surface area contributed by atoms with Crippen LogP contribution >= 0.6 is 0 Å². The number of carbonyl (C=O) groups is 1. The van der Waals surface area contributed by atoms with Crippen LogP contribution in [-0.2, 0) is 6.54 Å². The quantitative estimate of drug-likeness (QED) is 0.788. The summed E-state index contributed by atoms with van der Waals surface area (Å²) in [5.74, 6) is 1.26. The number of nitrogens with zero attached hydrogens (tertiary/aromatic N) is 4. The lowest BCUT2D eigenvalue weighted by Gasteiger charge is -2.33. The number of amides is 1. The molecule has 0 unspecified atom stereocenters. The first-order chi connectivity index (χ1) is 12.3. The number of carbonyl (C=O) groups excluding carboxylic acids is 1. The Morgan fingerprint density at radius 2 is 1.88 bits per heavy atom. The van der Waals surface area contributed by atoms with Gasteiger partial charge in [0, 0.05) is 37.9 Å². The molecule has 0 radical (unpaired) electrons. The van der Waals surface area contributed by atoms with Crippen LogP contribution in [0.4, 0.5) is 0 Å². The van der Waals surface area contributed by atoms with Gasteiger partial charge in [0.25, 0.3) is 5.91 Å². The summed E-state index contributed by atoms with van der Waals surface area (Å²) in [7, 11) is 0. The van der Waals surface area contributed by atoms with E-state index in [-0.39, 0.29) is 5.91 Å². The monoisotopic (exact) mass is 337 g/mol. The molecule has 3 aromatic rings. The molecule has 7 nitrogen and oxygen atoms in total. The summed E-state index contributed by atoms with van der Waals surface area (Å²) < 4.78 is 5.37. The van der Waals surface area contributed by atoms with Crippen LogP contribution in [0.2, 0.25) is 0 Å². The first-order valence-electron chi connectivity index (χ1n) is 8.32. The Balaban J connectivity index is 1.33. The van der Waals surface area contributed by atoms with E-state index in [2.05, 4.69) is 20.0 Å². The molecule has 0 spiro atoms. The molecule has 128 valence electrons. The Kier molecular flexibility index (Phi) is 4.30. The number of hydrogen-bond donors (Lipinski definition) is 1. The predicted molar refractivity (Wildman–Crippen MR) is 91.7 cm³/mol. The first kappa shape index (κ1) is 15.6. The van der Waals surface area contributed by atoms with Crippen molar-refractivity contribution in [1.82, 2.24) is 24.9 Å². The second-order valence-electron chi connectivity index (χ2n) is 6.03. The molecule has 1 amide bonds. The summed E-state index contributed by atoms with van der Waals surface area (Å²) in [6, 6.07) is 13.4. The van der Waals surface area contributed by atoms with Crippen LogP contribution < -0.4 is 0 Å². The van der Waals surface area contributed by atoms with Crippen LogP contribution in [0.3, 0.4) is 0 Å². The van der Waals surface area contributed by atoms with E-state index in [4.69, 9.17) is 4.52 Å². The number of benzene rings is 1. The highest BCUT2D eigenvalue weighted by Gasteiger charge is 2.23. The maximum absolute atomic E-state index is 12.3. The Bertz CT molecular complexity index is 820. The fourth-order valence-electron chi connectivity index (χ4n) is 2.96. The molecule has 25 heavy (non-hydrogen) atoms. The van der Waals surface area contributed by atoms with Crippen molar-refractivity contribution in [2.75, 3.05) is 26.2 Å². The highest BCUT2D eigenvalue weighted by Crippen LogP contribution is 2.16. The van der Waals surface area contributed by atoms with Gasteiger partial charge in [-0.05, 0) is 12.1 Å². The topological polar surface area (TPSA) is 78.3 Å². The van der Waals surface area contributed by atoms with E-state index in [1.807, 2.05) is 41.3 Å². The van der Waals surface area contributed by atoms with Gasteiger partial charge < -0.3 is 14.4 Å². The number of aromatic amines is 1. The number of piperazine rings is 1. The van der Waals surface area contributed by atoms with Gasteiger partial charge in [-0.25, -0.2) is 0 Å². The molecule has 3 heterocycles. The van der Waals surface area contributed by atoms with Crippen molar-refractivity contribution in [1.29, 1.82) is 0 Å². The number of hydrogen-bond acceptors (Lipinski definition) is 5. The second-order valence-corrected chi connectivity index (χ2v) is 6.03. The van der Waals surface area contributed by atoms with E-state index >= 15 is 0 Å². The van der Waals surface area contributed by atoms with Crippen LogP contribution in [0.1, 0.15) is 16.4 Å². The van der Waals surface area contributed by atoms with Gasteiger partial charge in [-0.3, -0.25) is 9.69 Å². The highest BCUT2D eigenvalue weighted by molar-refractivity contribution is 5.92.